The number of morpholine rings is 1. The van der Waals surface area contributed by atoms with Gasteiger partial charge in [-0.1, -0.05) is 28.9 Å². The summed E-state index contributed by atoms with van der Waals surface area (Å²) < 4.78 is 23.6. The van der Waals surface area contributed by atoms with E-state index in [0.717, 1.165) is 5.56 Å². The summed E-state index contributed by atoms with van der Waals surface area (Å²) in [7, 11) is 1.53. The highest BCUT2D eigenvalue weighted by molar-refractivity contribution is 9.10. The SMILES string of the molecule is COc1cc(C=NNC(=O)c2nnn(-c3nonc3N)c2CN2CCOCC2)cc(Br)c1OCc1cccc(Cl)c1. The molecule has 1 saturated heterocycles. The Morgan fingerprint density at radius 2 is 2.10 bits per heavy atom. The summed E-state index contributed by atoms with van der Waals surface area (Å²) >= 11 is 9.59. The van der Waals surface area contributed by atoms with Gasteiger partial charge in [-0.25, -0.2) is 10.1 Å². The Morgan fingerprint density at radius 1 is 1.27 bits per heavy atom. The van der Waals surface area contributed by atoms with Gasteiger partial charge in [0.2, 0.25) is 11.6 Å². The summed E-state index contributed by atoms with van der Waals surface area (Å²) in [6.07, 6.45) is 1.47. The number of nitrogen functional groups attached to an aromatic ring is 1. The van der Waals surface area contributed by atoms with Crippen LogP contribution < -0.4 is 20.6 Å². The fourth-order valence-corrected chi connectivity index (χ4v) is 4.84. The number of hydrogen-bond donors (Lipinski definition) is 2. The van der Waals surface area contributed by atoms with Crippen LogP contribution in [0.5, 0.6) is 11.5 Å². The van der Waals surface area contributed by atoms with Crippen molar-refractivity contribution in [1.82, 2.24) is 35.6 Å². The Kier molecular flexibility index (Phi) is 9.08. The zero-order valence-corrected chi connectivity index (χ0v) is 24.1. The molecule has 0 unspecified atom stereocenters. The minimum atomic E-state index is -0.571. The number of nitrogens with one attached hydrogen (secondary N) is 1. The molecule has 16 heteroatoms. The van der Waals surface area contributed by atoms with E-state index in [1.807, 2.05) is 18.2 Å². The van der Waals surface area contributed by atoms with Gasteiger partial charge in [0.15, 0.2) is 17.2 Å². The Bertz CT molecular complexity index is 1550. The molecule has 0 spiro atoms. The van der Waals surface area contributed by atoms with Crippen molar-refractivity contribution in [1.29, 1.82) is 0 Å². The Morgan fingerprint density at radius 3 is 2.83 bits per heavy atom. The molecular weight excluding hydrogens is 622 g/mol. The molecule has 2 aromatic carbocycles. The molecule has 3 N–H and O–H groups in total. The van der Waals surface area contributed by atoms with Crippen molar-refractivity contribution in [2.45, 2.75) is 13.2 Å². The van der Waals surface area contributed by atoms with Crippen LogP contribution in [-0.4, -0.2) is 75.7 Å². The van der Waals surface area contributed by atoms with Gasteiger partial charge in [-0.3, -0.25) is 9.69 Å². The van der Waals surface area contributed by atoms with Crippen molar-refractivity contribution < 1.29 is 23.6 Å². The third-order valence-corrected chi connectivity index (χ3v) is 6.88. The van der Waals surface area contributed by atoms with E-state index >= 15 is 0 Å². The van der Waals surface area contributed by atoms with Gasteiger partial charge in [-0.05, 0) is 61.6 Å². The second-order valence-electron chi connectivity index (χ2n) is 8.81. The highest BCUT2D eigenvalue weighted by Crippen LogP contribution is 2.37. The highest BCUT2D eigenvalue weighted by Gasteiger charge is 2.26. The van der Waals surface area contributed by atoms with E-state index < -0.39 is 5.91 Å². The van der Waals surface area contributed by atoms with Crippen LogP contribution in [0.3, 0.4) is 0 Å². The molecule has 0 atom stereocenters. The van der Waals surface area contributed by atoms with Gasteiger partial charge in [-0.2, -0.15) is 9.78 Å². The number of aromatic nitrogens is 5. The molecule has 2 aromatic heterocycles. The molecule has 5 rings (SSSR count). The summed E-state index contributed by atoms with van der Waals surface area (Å²) in [4.78, 5) is 15.2. The van der Waals surface area contributed by atoms with Gasteiger partial charge < -0.3 is 19.9 Å². The standard InChI is InChI=1S/C25H25BrClN9O5/c1-38-20-11-16(10-18(26)22(20)40-14-15-3-2-4-17(27)9-15)12-29-31-25(37)21-19(13-35-5-7-39-8-6-35)36(34-30-21)24-23(28)32-41-33-24/h2-4,9-12H,5-8,13-14H2,1H3,(H2,28,32)(H,31,37). The van der Waals surface area contributed by atoms with Crippen molar-refractivity contribution in [3.05, 3.63) is 68.4 Å². The number of methoxy groups -OCH3 is 1. The summed E-state index contributed by atoms with van der Waals surface area (Å²) in [6, 6.07) is 10.9. The molecular formula is C25H25BrClN9O5. The molecule has 1 fully saturated rings. The van der Waals surface area contributed by atoms with E-state index in [9.17, 15) is 4.79 Å². The number of benzene rings is 2. The van der Waals surface area contributed by atoms with Crippen LogP contribution >= 0.6 is 27.5 Å². The number of nitrogens with zero attached hydrogens (tertiary/aromatic N) is 7. The summed E-state index contributed by atoms with van der Waals surface area (Å²) in [5.74, 6) is 0.572. The van der Waals surface area contributed by atoms with Crippen LogP contribution in [-0.2, 0) is 17.9 Å². The number of anilines is 1. The van der Waals surface area contributed by atoms with Crippen molar-refractivity contribution in [2.24, 2.45) is 5.10 Å². The molecule has 14 nitrogen and oxygen atoms in total. The first-order chi connectivity index (χ1) is 19.9. The third kappa shape index (κ3) is 6.82. The first kappa shape index (κ1) is 28.5. The minimum Gasteiger partial charge on any atom is -0.493 e. The van der Waals surface area contributed by atoms with Crippen LogP contribution in [0.1, 0.15) is 27.3 Å². The van der Waals surface area contributed by atoms with Crippen LogP contribution in [0.4, 0.5) is 5.82 Å². The average Bonchev–Trinajstić information content (AvgIpc) is 3.58. The van der Waals surface area contributed by atoms with E-state index in [4.69, 9.17) is 36.2 Å². The molecule has 3 heterocycles. The maximum Gasteiger partial charge on any atom is 0.293 e. The van der Waals surface area contributed by atoms with Crippen molar-refractivity contribution >= 4 is 45.5 Å². The van der Waals surface area contributed by atoms with Crippen molar-refractivity contribution in [3.63, 3.8) is 0 Å². The average molecular weight is 647 g/mol. The molecule has 41 heavy (non-hydrogen) atoms. The van der Waals surface area contributed by atoms with Crippen LogP contribution in [0.25, 0.3) is 5.82 Å². The van der Waals surface area contributed by atoms with Gasteiger partial charge in [-0.15, -0.1) is 5.10 Å². The Balaban J connectivity index is 1.31. The van der Waals surface area contributed by atoms with Crippen molar-refractivity contribution in [2.75, 3.05) is 39.1 Å². The minimum absolute atomic E-state index is 0.0163. The number of rotatable bonds is 10. The number of amides is 1. The van der Waals surface area contributed by atoms with E-state index in [1.54, 1.807) is 18.2 Å². The fourth-order valence-electron chi connectivity index (χ4n) is 4.05. The number of nitrogens with two attached hydrogens (primary N) is 1. The Labute approximate surface area is 247 Å². The highest BCUT2D eigenvalue weighted by atomic mass is 79.9. The normalized spacial score (nSPS) is 13.9. The largest absolute Gasteiger partial charge is 0.493 e. The van der Waals surface area contributed by atoms with Gasteiger partial charge >= 0.3 is 0 Å². The number of hydrogen-bond acceptors (Lipinski definition) is 12. The number of ether oxygens (including phenoxy) is 3. The lowest BCUT2D eigenvalue weighted by Crippen LogP contribution is -2.37. The number of carbonyl (C=O) groups is 1. The van der Waals surface area contributed by atoms with Gasteiger partial charge in [0.25, 0.3) is 5.91 Å². The predicted octanol–water partition coefficient (Wildman–Crippen LogP) is 2.83. The first-order valence-electron chi connectivity index (χ1n) is 12.3. The summed E-state index contributed by atoms with van der Waals surface area (Å²) in [5.41, 5.74) is 10.4. The quantitative estimate of drug-likeness (QED) is 0.192. The third-order valence-electron chi connectivity index (χ3n) is 6.06. The van der Waals surface area contributed by atoms with E-state index in [0.29, 0.717) is 71.7 Å². The summed E-state index contributed by atoms with van der Waals surface area (Å²) in [6.45, 7) is 3.13. The van der Waals surface area contributed by atoms with Gasteiger partial charge in [0.1, 0.15) is 6.61 Å². The molecule has 0 bridgehead atoms. The lowest BCUT2D eigenvalue weighted by atomic mass is 10.2. The maximum absolute atomic E-state index is 13.1. The molecule has 1 aliphatic heterocycles. The predicted molar refractivity (Wildman–Crippen MR) is 151 cm³/mol. The smallest absolute Gasteiger partial charge is 0.293 e. The maximum atomic E-state index is 13.1. The summed E-state index contributed by atoms with van der Waals surface area (Å²) in [5, 5.41) is 20.2. The van der Waals surface area contributed by atoms with Crippen LogP contribution in [0, 0.1) is 0 Å². The molecule has 0 aliphatic carbocycles. The van der Waals surface area contributed by atoms with Gasteiger partial charge in [0.05, 0.1) is 36.7 Å². The fraction of sp³-hybridized carbons (Fsp3) is 0.280. The molecule has 1 amide bonds. The van der Waals surface area contributed by atoms with Crippen LogP contribution in [0.15, 0.2) is 50.6 Å². The van der Waals surface area contributed by atoms with E-state index in [2.05, 4.69) is 52.0 Å². The van der Waals surface area contributed by atoms with Crippen molar-refractivity contribution in [3.8, 4) is 17.3 Å². The second-order valence-corrected chi connectivity index (χ2v) is 10.1. The molecule has 1 aliphatic rings. The van der Waals surface area contributed by atoms with E-state index in [-0.39, 0.29) is 17.3 Å². The molecule has 4 aromatic rings. The number of carbonyl (C=O) groups excluding carboxylic acids is 1. The Hall–Kier alpha value is -4.05. The lowest BCUT2D eigenvalue weighted by molar-refractivity contribution is 0.0332. The topological polar surface area (TPSA) is 168 Å². The first-order valence-corrected chi connectivity index (χ1v) is 13.5. The zero-order valence-electron chi connectivity index (χ0n) is 21.8. The van der Waals surface area contributed by atoms with Crippen LogP contribution in [0.2, 0.25) is 5.02 Å². The van der Waals surface area contributed by atoms with Gasteiger partial charge in [0, 0.05) is 24.7 Å². The molecule has 0 radical (unpaired) electrons. The second kappa shape index (κ2) is 13.1. The zero-order chi connectivity index (χ0) is 28.8. The number of halogens is 2. The number of hydrazone groups is 1. The lowest BCUT2D eigenvalue weighted by Gasteiger charge is -2.26. The molecule has 0 saturated carbocycles. The monoisotopic (exact) mass is 645 g/mol. The molecule has 214 valence electrons. The van der Waals surface area contributed by atoms with E-state index in [1.165, 1.54) is 18.0 Å².